The lowest BCUT2D eigenvalue weighted by Gasteiger charge is -2.29. The Morgan fingerprint density at radius 1 is 1.57 bits per heavy atom. The molecule has 0 aromatic heterocycles. The zero-order valence-corrected chi connectivity index (χ0v) is 7.99. The minimum Gasteiger partial charge on any atom is -0.487 e. The summed E-state index contributed by atoms with van der Waals surface area (Å²) in [6.45, 7) is 2.63. The van der Waals surface area contributed by atoms with Gasteiger partial charge in [-0.15, -0.1) is 0 Å². The van der Waals surface area contributed by atoms with Crippen LogP contribution < -0.4 is 15.4 Å². The van der Waals surface area contributed by atoms with E-state index in [4.69, 9.17) is 10.5 Å². The van der Waals surface area contributed by atoms with Crippen molar-refractivity contribution >= 4 is 17.3 Å². The molecule has 1 amide bonds. The fourth-order valence-corrected chi connectivity index (χ4v) is 1.60. The molecule has 2 N–H and O–H groups in total. The number of amides is 1. The molecular weight excluding hydrogens is 180 g/mol. The number of nitrogens with zero attached hydrogens (tertiary/aromatic N) is 1. The van der Waals surface area contributed by atoms with Crippen molar-refractivity contribution in [2.75, 3.05) is 23.8 Å². The maximum absolute atomic E-state index is 11.3. The van der Waals surface area contributed by atoms with Crippen LogP contribution in [-0.2, 0) is 4.79 Å². The highest BCUT2D eigenvalue weighted by molar-refractivity contribution is 5.94. The standard InChI is InChI=1S/C10H12N2O2/c1-7(13)12-5-6-14-10-8(11)3-2-4-9(10)12/h2-4H,5-6,11H2,1H3. The van der Waals surface area contributed by atoms with Gasteiger partial charge in [-0.2, -0.15) is 0 Å². The van der Waals surface area contributed by atoms with Crippen LogP contribution >= 0.6 is 0 Å². The topological polar surface area (TPSA) is 55.6 Å². The van der Waals surface area contributed by atoms with Gasteiger partial charge in [0, 0.05) is 6.92 Å². The van der Waals surface area contributed by atoms with E-state index >= 15 is 0 Å². The Bertz CT molecular complexity index is 376. The molecule has 2 rings (SSSR count). The third kappa shape index (κ3) is 1.28. The molecule has 1 heterocycles. The molecule has 1 aliphatic rings. The molecular formula is C10H12N2O2. The SMILES string of the molecule is CC(=O)N1CCOc2c(N)cccc21. The fourth-order valence-electron chi connectivity index (χ4n) is 1.60. The second kappa shape index (κ2) is 3.21. The van der Waals surface area contributed by atoms with Crippen molar-refractivity contribution < 1.29 is 9.53 Å². The number of nitrogen functional groups attached to an aromatic ring is 1. The van der Waals surface area contributed by atoms with E-state index in [1.165, 1.54) is 6.92 Å². The third-order valence-electron chi connectivity index (χ3n) is 2.26. The Morgan fingerprint density at radius 2 is 2.36 bits per heavy atom. The number of benzene rings is 1. The molecule has 1 aliphatic heterocycles. The molecule has 1 aromatic carbocycles. The summed E-state index contributed by atoms with van der Waals surface area (Å²) in [5.74, 6) is 0.633. The number of hydrogen-bond donors (Lipinski definition) is 1. The molecule has 0 saturated heterocycles. The van der Waals surface area contributed by atoms with E-state index in [0.29, 0.717) is 24.6 Å². The first kappa shape index (κ1) is 8.87. The molecule has 0 atom stereocenters. The summed E-state index contributed by atoms with van der Waals surface area (Å²) in [6, 6.07) is 5.42. The van der Waals surface area contributed by atoms with E-state index in [2.05, 4.69) is 0 Å². The van der Waals surface area contributed by atoms with Crippen LogP contribution in [0, 0.1) is 0 Å². The number of carbonyl (C=O) groups excluding carboxylic acids is 1. The van der Waals surface area contributed by atoms with Crippen molar-refractivity contribution in [1.82, 2.24) is 0 Å². The summed E-state index contributed by atoms with van der Waals surface area (Å²) in [7, 11) is 0. The van der Waals surface area contributed by atoms with Crippen molar-refractivity contribution in [3.05, 3.63) is 18.2 Å². The van der Waals surface area contributed by atoms with Gasteiger partial charge in [-0.05, 0) is 12.1 Å². The smallest absolute Gasteiger partial charge is 0.224 e. The molecule has 0 bridgehead atoms. The Hall–Kier alpha value is -1.71. The van der Waals surface area contributed by atoms with Gasteiger partial charge in [-0.25, -0.2) is 0 Å². The van der Waals surface area contributed by atoms with E-state index in [-0.39, 0.29) is 5.91 Å². The molecule has 14 heavy (non-hydrogen) atoms. The fraction of sp³-hybridized carbons (Fsp3) is 0.300. The predicted molar refractivity (Wildman–Crippen MR) is 54.4 cm³/mol. The van der Waals surface area contributed by atoms with E-state index < -0.39 is 0 Å². The van der Waals surface area contributed by atoms with Gasteiger partial charge in [-0.1, -0.05) is 6.07 Å². The number of hydrogen-bond acceptors (Lipinski definition) is 3. The maximum atomic E-state index is 11.3. The second-order valence-electron chi connectivity index (χ2n) is 3.21. The van der Waals surface area contributed by atoms with Gasteiger partial charge in [-0.3, -0.25) is 4.79 Å². The van der Waals surface area contributed by atoms with Crippen molar-refractivity contribution in [3.63, 3.8) is 0 Å². The van der Waals surface area contributed by atoms with Gasteiger partial charge in [0.15, 0.2) is 5.75 Å². The minimum atomic E-state index is 0.0140. The second-order valence-corrected chi connectivity index (χ2v) is 3.21. The average Bonchev–Trinajstić information content (AvgIpc) is 2.17. The Morgan fingerprint density at radius 3 is 3.07 bits per heavy atom. The van der Waals surface area contributed by atoms with Gasteiger partial charge in [0.25, 0.3) is 0 Å². The van der Waals surface area contributed by atoms with Crippen molar-refractivity contribution in [3.8, 4) is 5.75 Å². The molecule has 0 unspecified atom stereocenters. The normalized spacial score (nSPS) is 14.5. The van der Waals surface area contributed by atoms with Gasteiger partial charge in [0.1, 0.15) is 6.61 Å². The molecule has 4 heteroatoms. The van der Waals surface area contributed by atoms with Crippen molar-refractivity contribution in [2.45, 2.75) is 6.92 Å². The number of ether oxygens (including phenoxy) is 1. The first-order valence-corrected chi connectivity index (χ1v) is 4.49. The molecule has 4 nitrogen and oxygen atoms in total. The molecule has 74 valence electrons. The lowest BCUT2D eigenvalue weighted by atomic mass is 10.2. The predicted octanol–water partition coefficient (Wildman–Crippen LogP) is 1.01. The molecule has 0 fully saturated rings. The van der Waals surface area contributed by atoms with Crippen LogP contribution in [0.3, 0.4) is 0 Å². The zero-order valence-electron chi connectivity index (χ0n) is 7.99. The van der Waals surface area contributed by atoms with Gasteiger partial charge in [0.2, 0.25) is 5.91 Å². The highest BCUT2D eigenvalue weighted by Gasteiger charge is 2.22. The summed E-state index contributed by atoms with van der Waals surface area (Å²) < 4.78 is 5.42. The van der Waals surface area contributed by atoms with Crippen LogP contribution in [0.15, 0.2) is 18.2 Å². The average molecular weight is 192 g/mol. The number of anilines is 2. The van der Waals surface area contributed by atoms with Crippen LogP contribution in [0.4, 0.5) is 11.4 Å². The number of rotatable bonds is 0. The van der Waals surface area contributed by atoms with Crippen molar-refractivity contribution in [2.24, 2.45) is 0 Å². The maximum Gasteiger partial charge on any atom is 0.224 e. The van der Waals surface area contributed by atoms with Crippen LogP contribution in [0.2, 0.25) is 0 Å². The third-order valence-corrected chi connectivity index (χ3v) is 2.26. The quantitative estimate of drug-likeness (QED) is 0.624. The Balaban J connectivity index is 2.49. The minimum absolute atomic E-state index is 0.0140. The van der Waals surface area contributed by atoms with Crippen molar-refractivity contribution in [1.29, 1.82) is 0 Å². The van der Waals surface area contributed by atoms with E-state index in [1.54, 1.807) is 11.0 Å². The number of para-hydroxylation sites is 1. The van der Waals surface area contributed by atoms with Crippen LogP contribution in [0.5, 0.6) is 5.75 Å². The van der Waals surface area contributed by atoms with E-state index in [1.807, 2.05) is 12.1 Å². The lowest BCUT2D eigenvalue weighted by molar-refractivity contribution is -0.116. The molecule has 0 aliphatic carbocycles. The molecule has 0 saturated carbocycles. The summed E-state index contributed by atoms with van der Waals surface area (Å²) in [5.41, 5.74) is 7.09. The lowest BCUT2D eigenvalue weighted by Crippen LogP contribution is -2.36. The Labute approximate surface area is 82.3 Å². The van der Waals surface area contributed by atoms with Gasteiger partial charge < -0.3 is 15.4 Å². The van der Waals surface area contributed by atoms with Gasteiger partial charge in [0.05, 0.1) is 17.9 Å². The highest BCUT2D eigenvalue weighted by atomic mass is 16.5. The molecule has 1 aromatic rings. The highest BCUT2D eigenvalue weighted by Crippen LogP contribution is 2.36. The summed E-state index contributed by atoms with van der Waals surface area (Å²) in [5, 5.41) is 0. The first-order valence-electron chi connectivity index (χ1n) is 4.49. The van der Waals surface area contributed by atoms with Gasteiger partial charge >= 0.3 is 0 Å². The molecule has 0 radical (unpaired) electrons. The Kier molecular flexibility index (Phi) is 2.04. The van der Waals surface area contributed by atoms with Crippen LogP contribution in [0.1, 0.15) is 6.92 Å². The van der Waals surface area contributed by atoms with E-state index in [9.17, 15) is 4.79 Å². The largest absolute Gasteiger partial charge is 0.487 e. The van der Waals surface area contributed by atoms with Crippen LogP contribution in [-0.4, -0.2) is 19.1 Å². The molecule has 0 spiro atoms. The summed E-state index contributed by atoms with van der Waals surface area (Å²) in [6.07, 6.45) is 0. The zero-order chi connectivity index (χ0) is 10.1. The summed E-state index contributed by atoms with van der Waals surface area (Å²) in [4.78, 5) is 13.0. The number of carbonyl (C=O) groups is 1. The summed E-state index contributed by atoms with van der Waals surface area (Å²) >= 11 is 0. The first-order chi connectivity index (χ1) is 6.70. The number of fused-ring (bicyclic) bond motifs is 1. The monoisotopic (exact) mass is 192 g/mol. The van der Waals surface area contributed by atoms with Crippen LogP contribution in [0.25, 0.3) is 0 Å². The number of nitrogens with two attached hydrogens (primary N) is 1. The van der Waals surface area contributed by atoms with E-state index in [0.717, 1.165) is 5.69 Å².